The molecule has 0 aromatic heterocycles. The highest BCUT2D eigenvalue weighted by atomic mass is 79.9. The number of allylic oxidation sites excluding steroid dienone is 3. The summed E-state index contributed by atoms with van der Waals surface area (Å²) in [6.07, 6.45) is 1.03. The van der Waals surface area contributed by atoms with Gasteiger partial charge < -0.3 is 19.5 Å². The molecule has 0 bridgehead atoms. The number of benzene rings is 3. The molecule has 0 spiro atoms. The Balaban J connectivity index is 1.41. The van der Waals surface area contributed by atoms with Crippen LogP contribution in [0.2, 0.25) is 0 Å². The van der Waals surface area contributed by atoms with Crippen molar-refractivity contribution in [3.8, 4) is 11.5 Å². The number of para-hydroxylation sites is 1. The van der Waals surface area contributed by atoms with Gasteiger partial charge in [-0.3, -0.25) is 4.79 Å². The molecule has 3 aromatic rings. The zero-order valence-electron chi connectivity index (χ0n) is 21.9. The van der Waals surface area contributed by atoms with Crippen molar-refractivity contribution in [2.24, 2.45) is 0 Å². The van der Waals surface area contributed by atoms with E-state index in [1.54, 1.807) is 7.11 Å². The van der Waals surface area contributed by atoms with Crippen molar-refractivity contribution in [1.82, 2.24) is 5.32 Å². The van der Waals surface area contributed by atoms with Crippen molar-refractivity contribution in [1.29, 1.82) is 0 Å². The number of dihydropyridines is 1. The van der Waals surface area contributed by atoms with E-state index in [1.807, 2.05) is 85.8 Å². The second kappa shape index (κ2) is 11.9. The van der Waals surface area contributed by atoms with Gasteiger partial charge in [0, 0.05) is 33.8 Å². The van der Waals surface area contributed by atoms with Crippen LogP contribution >= 0.6 is 15.9 Å². The van der Waals surface area contributed by atoms with E-state index in [1.165, 1.54) is 0 Å². The third kappa shape index (κ3) is 5.93. The van der Waals surface area contributed by atoms with Crippen molar-refractivity contribution in [2.75, 3.05) is 20.3 Å². The van der Waals surface area contributed by atoms with Crippen molar-refractivity contribution in [2.45, 2.75) is 31.6 Å². The summed E-state index contributed by atoms with van der Waals surface area (Å²) in [5.41, 5.74) is 4.58. The molecule has 2 aliphatic rings. The Morgan fingerprint density at radius 2 is 1.69 bits per heavy atom. The van der Waals surface area contributed by atoms with Crippen LogP contribution in [0.1, 0.15) is 42.7 Å². The number of ether oxygens (including phenoxy) is 3. The number of nitrogens with one attached hydrogen (secondary N) is 1. The molecule has 3 aromatic carbocycles. The highest BCUT2D eigenvalue weighted by Gasteiger charge is 2.41. The number of rotatable bonds is 8. The van der Waals surface area contributed by atoms with Gasteiger partial charge in [0.15, 0.2) is 5.78 Å². The van der Waals surface area contributed by atoms with Gasteiger partial charge in [0.05, 0.1) is 12.7 Å². The van der Waals surface area contributed by atoms with Crippen LogP contribution < -0.4 is 14.8 Å². The van der Waals surface area contributed by atoms with Crippen molar-refractivity contribution >= 4 is 27.7 Å². The molecule has 2 atom stereocenters. The summed E-state index contributed by atoms with van der Waals surface area (Å²) in [5, 5.41) is 3.40. The molecule has 1 heterocycles. The largest absolute Gasteiger partial charge is 0.497 e. The topological polar surface area (TPSA) is 73.9 Å². The molecule has 1 N–H and O–H groups in total. The summed E-state index contributed by atoms with van der Waals surface area (Å²) in [4.78, 5) is 27.2. The molecule has 7 heteroatoms. The standard InChI is InChI=1S/C32H30BrNO5/c1-20-29(32(36)39-16-15-38-26-9-4-3-5-10-26)30(22-7-6-8-24(33)17-22)31-27(34-20)18-23(19-28(31)35)21-11-13-25(37-2)14-12-21/h3-14,17,23,30,34H,15-16,18-19H2,1-2H3/t23-,30-/m1/s1. The van der Waals surface area contributed by atoms with Crippen molar-refractivity contribution < 1.29 is 23.8 Å². The molecule has 39 heavy (non-hydrogen) atoms. The van der Waals surface area contributed by atoms with Gasteiger partial charge in [-0.15, -0.1) is 0 Å². The number of halogens is 1. The van der Waals surface area contributed by atoms with E-state index in [-0.39, 0.29) is 24.9 Å². The zero-order chi connectivity index (χ0) is 27.4. The fourth-order valence-electron chi connectivity index (χ4n) is 5.33. The molecule has 200 valence electrons. The van der Waals surface area contributed by atoms with Crippen LogP contribution in [-0.2, 0) is 14.3 Å². The molecule has 1 aliphatic heterocycles. The fourth-order valence-corrected chi connectivity index (χ4v) is 5.75. The first-order chi connectivity index (χ1) is 18.9. The van der Waals surface area contributed by atoms with E-state index >= 15 is 0 Å². The zero-order valence-corrected chi connectivity index (χ0v) is 23.5. The third-order valence-corrected chi connectivity index (χ3v) is 7.64. The van der Waals surface area contributed by atoms with Crippen LogP contribution in [-0.4, -0.2) is 32.1 Å². The van der Waals surface area contributed by atoms with E-state index < -0.39 is 11.9 Å². The minimum Gasteiger partial charge on any atom is -0.497 e. The molecule has 0 fully saturated rings. The molecule has 5 rings (SSSR count). The number of carbonyl (C=O) groups is 2. The van der Waals surface area contributed by atoms with Crippen LogP contribution in [0, 0.1) is 0 Å². The lowest BCUT2D eigenvalue weighted by Gasteiger charge is -2.36. The predicted molar refractivity (Wildman–Crippen MR) is 153 cm³/mol. The lowest BCUT2D eigenvalue weighted by molar-refractivity contribution is -0.140. The SMILES string of the molecule is COc1ccc([C@H]2CC(=O)C3=C(C2)NC(C)=C(C(=O)OCCOc2ccccc2)[C@H]3c2cccc(Br)c2)cc1. The Bertz CT molecular complexity index is 1430. The van der Waals surface area contributed by atoms with Crippen LogP contribution in [0.4, 0.5) is 0 Å². The number of esters is 1. The maximum Gasteiger partial charge on any atom is 0.336 e. The lowest BCUT2D eigenvalue weighted by Crippen LogP contribution is -2.36. The maximum absolute atomic E-state index is 13.8. The molecular weight excluding hydrogens is 558 g/mol. The molecule has 0 amide bonds. The average Bonchev–Trinajstić information content (AvgIpc) is 2.95. The normalized spacial score (nSPS) is 18.8. The number of ketones is 1. The Labute approximate surface area is 236 Å². The fraction of sp³-hybridized carbons (Fsp3) is 0.250. The molecule has 6 nitrogen and oxygen atoms in total. The number of hydrogen-bond donors (Lipinski definition) is 1. The first-order valence-electron chi connectivity index (χ1n) is 12.9. The highest BCUT2D eigenvalue weighted by Crippen LogP contribution is 2.46. The van der Waals surface area contributed by atoms with E-state index in [2.05, 4.69) is 21.2 Å². The van der Waals surface area contributed by atoms with Crippen LogP contribution in [0.25, 0.3) is 0 Å². The second-order valence-electron chi connectivity index (χ2n) is 9.64. The quantitative estimate of drug-likeness (QED) is 0.241. The average molecular weight is 588 g/mol. The summed E-state index contributed by atoms with van der Waals surface area (Å²) >= 11 is 3.55. The first-order valence-corrected chi connectivity index (χ1v) is 13.7. The number of Topliss-reactive ketones (excluding diaryl/α,β-unsaturated/α-hetero) is 1. The number of hydrogen-bond acceptors (Lipinski definition) is 6. The summed E-state index contributed by atoms with van der Waals surface area (Å²) in [5.74, 6) is 0.574. The smallest absolute Gasteiger partial charge is 0.336 e. The minimum absolute atomic E-state index is 0.0276. The monoisotopic (exact) mass is 587 g/mol. The van der Waals surface area contributed by atoms with Gasteiger partial charge in [0.2, 0.25) is 0 Å². The second-order valence-corrected chi connectivity index (χ2v) is 10.6. The molecule has 0 unspecified atom stereocenters. The summed E-state index contributed by atoms with van der Waals surface area (Å²) in [6, 6.07) is 25.0. The number of carbonyl (C=O) groups excluding carboxylic acids is 2. The van der Waals surface area contributed by atoms with Crippen molar-refractivity contribution in [3.63, 3.8) is 0 Å². The molecule has 0 saturated carbocycles. The van der Waals surface area contributed by atoms with Crippen molar-refractivity contribution in [3.05, 3.63) is 117 Å². The Morgan fingerprint density at radius 3 is 2.41 bits per heavy atom. The van der Waals surface area contributed by atoms with E-state index in [0.29, 0.717) is 35.4 Å². The van der Waals surface area contributed by atoms with Gasteiger partial charge >= 0.3 is 5.97 Å². The van der Waals surface area contributed by atoms with Crippen LogP contribution in [0.5, 0.6) is 11.5 Å². The Hall–Kier alpha value is -3.84. The van der Waals surface area contributed by atoms with Crippen LogP contribution in [0.3, 0.4) is 0 Å². The Morgan fingerprint density at radius 1 is 0.923 bits per heavy atom. The lowest BCUT2D eigenvalue weighted by atomic mass is 9.72. The predicted octanol–water partition coefficient (Wildman–Crippen LogP) is 6.44. The summed E-state index contributed by atoms with van der Waals surface area (Å²) in [7, 11) is 1.64. The summed E-state index contributed by atoms with van der Waals surface area (Å²) in [6.45, 7) is 2.19. The highest BCUT2D eigenvalue weighted by molar-refractivity contribution is 9.10. The Kier molecular flexibility index (Phi) is 8.17. The molecule has 1 aliphatic carbocycles. The van der Waals surface area contributed by atoms with Gasteiger partial charge in [-0.1, -0.05) is 58.4 Å². The third-order valence-electron chi connectivity index (χ3n) is 7.15. The van der Waals surface area contributed by atoms with E-state index in [9.17, 15) is 9.59 Å². The van der Waals surface area contributed by atoms with Crippen LogP contribution in [0.15, 0.2) is 106 Å². The van der Waals surface area contributed by atoms with E-state index in [4.69, 9.17) is 14.2 Å². The maximum atomic E-state index is 13.8. The number of methoxy groups -OCH3 is 1. The van der Waals surface area contributed by atoms with Gasteiger partial charge in [-0.05, 0) is 66.8 Å². The summed E-state index contributed by atoms with van der Waals surface area (Å²) < 4.78 is 17.5. The molecule has 0 radical (unpaired) electrons. The van der Waals surface area contributed by atoms with Gasteiger partial charge in [-0.2, -0.15) is 0 Å². The van der Waals surface area contributed by atoms with E-state index in [0.717, 1.165) is 27.0 Å². The van der Waals surface area contributed by atoms with Gasteiger partial charge in [0.25, 0.3) is 0 Å². The van der Waals surface area contributed by atoms with Gasteiger partial charge in [0.1, 0.15) is 24.7 Å². The van der Waals surface area contributed by atoms with Gasteiger partial charge in [-0.25, -0.2) is 4.79 Å². The molecular formula is C32H30BrNO5. The first kappa shape index (κ1) is 26.8. The molecule has 0 saturated heterocycles. The minimum atomic E-state index is -0.523.